The summed E-state index contributed by atoms with van der Waals surface area (Å²) < 4.78 is 5.95. The number of carbonyl (C=O) groups is 3. The van der Waals surface area contributed by atoms with Crippen LogP contribution in [0.1, 0.15) is 56.8 Å². The van der Waals surface area contributed by atoms with Gasteiger partial charge in [-0.25, -0.2) is 4.79 Å². The highest BCUT2D eigenvalue weighted by molar-refractivity contribution is 9.12. The van der Waals surface area contributed by atoms with Gasteiger partial charge in [0.05, 0.1) is 23.1 Å². The van der Waals surface area contributed by atoms with Gasteiger partial charge in [0, 0.05) is 9.65 Å². The number of hydrogen-bond donors (Lipinski definition) is 0. The summed E-state index contributed by atoms with van der Waals surface area (Å²) in [6.07, 6.45) is 4.02. The summed E-state index contributed by atoms with van der Waals surface area (Å²) in [7, 11) is 0. The molecule has 0 aromatic heterocycles. The number of fused-ring (bicyclic) bond motifs is 5. The predicted molar refractivity (Wildman–Crippen MR) is 133 cm³/mol. The molecule has 1 aliphatic heterocycles. The van der Waals surface area contributed by atoms with Crippen LogP contribution in [-0.4, -0.2) is 33.5 Å². The Hall–Kier alpha value is -1.21. The number of rotatable bonds is 4. The van der Waals surface area contributed by atoms with E-state index in [1.54, 1.807) is 24.3 Å². The second-order valence-corrected chi connectivity index (χ2v) is 12.9. The summed E-state index contributed by atoms with van der Waals surface area (Å²) in [5, 5.41) is 0. The minimum absolute atomic E-state index is 0.0630. The largest absolute Gasteiger partial charge is 0.458 e. The van der Waals surface area contributed by atoms with Gasteiger partial charge in [0.1, 0.15) is 6.10 Å². The Bertz CT molecular complexity index is 932. The third kappa shape index (κ3) is 3.81. The molecule has 1 heterocycles. The first-order valence-electron chi connectivity index (χ1n) is 12.2. The van der Waals surface area contributed by atoms with Gasteiger partial charge in [-0.1, -0.05) is 59.1 Å². The van der Waals surface area contributed by atoms with E-state index < -0.39 is 0 Å². The van der Waals surface area contributed by atoms with E-state index in [9.17, 15) is 14.4 Å². The van der Waals surface area contributed by atoms with Gasteiger partial charge in [-0.05, 0) is 73.1 Å². The quantitative estimate of drug-likeness (QED) is 0.265. The summed E-state index contributed by atoms with van der Waals surface area (Å²) in [4.78, 5) is 41.1. The lowest BCUT2D eigenvalue weighted by Gasteiger charge is -2.36. The standard InChI is InChI=1S/C26H31Br2NO4/c1-12(2)16-9-4-13(3)10-19(16)33-26(32)14-5-7-15(8-6-14)29-24(30)20-17-11-18(21(20)25(29)31)23(28)22(17)27/h5-8,12-13,16-23H,4,9-11H2,1-3H3/t13-,16-,17-,18+,19-,20+,21-,22-,23+/m1/s1. The molecule has 4 fully saturated rings. The van der Waals surface area contributed by atoms with Gasteiger partial charge in [0.15, 0.2) is 0 Å². The van der Waals surface area contributed by atoms with E-state index >= 15 is 0 Å². The summed E-state index contributed by atoms with van der Waals surface area (Å²) in [6.45, 7) is 6.60. The first-order chi connectivity index (χ1) is 15.7. The maximum atomic E-state index is 13.2. The number of benzene rings is 1. The molecule has 3 aliphatic carbocycles. The van der Waals surface area contributed by atoms with E-state index in [4.69, 9.17) is 4.74 Å². The number of esters is 1. The molecule has 33 heavy (non-hydrogen) atoms. The van der Waals surface area contributed by atoms with Crippen LogP contribution in [-0.2, 0) is 14.3 Å². The Kier molecular flexibility index (Phi) is 6.26. The van der Waals surface area contributed by atoms with Crippen LogP contribution in [0.25, 0.3) is 0 Å². The number of carbonyl (C=O) groups excluding carboxylic acids is 3. The third-order valence-corrected chi connectivity index (χ3v) is 11.8. The first kappa shape index (κ1) is 23.5. The number of anilines is 1. The maximum Gasteiger partial charge on any atom is 0.338 e. The number of halogens is 2. The SMILES string of the molecule is CC(C)[C@H]1CC[C@@H](C)C[C@H]1OC(=O)c1ccc(N2C(=O)[C@@H]3[C@@H]4C[C@@H]([C@@H](Br)[C@H]4Br)[C@@H]3C2=O)cc1. The Labute approximate surface area is 212 Å². The Morgan fingerprint density at radius 2 is 1.55 bits per heavy atom. The lowest BCUT2D eigenvalue weighted by Crippen LogP contribution is -2.37. The summed E-state index contributed by atoms with van der Waals surface area (Å²) in [6, 6.07) is 6.77. The van der Waals surface area contributed by atoms with Crippen molar-refractivity contribution in [1.29, 1.82) is 0 Å². The van der Waals surface area contributed by atoms with Gasteiger partial charge in [-0.2, -0.15) is 0 Å². The highest BCUT2D eigenvalue weighted by Gasteiger charge is 2.66. The molecular formula is C26H31Br2NO4. The van der Waals surface area contributed by atoms with E-state index in [2.05, 4.69) is 52.6 Å². The van der Waals surface area contributed by atoms with Crippen molar-refractivity contribution >= 4 is 55.3 Å². The molecule has 2 bridgehead atoms. The van der Waals surface area contributed by atoms with Crippen LogP contribution in [0.3, 0.4) is 0 Å². The molecule has 0 spiro atoms. The molecule has 1 aromatic carbocycles. The molecule has 0 N–H and O–H groups in total. The number of ether oxygens (including phenoxy) is 1. The summed E-state index contributed by atoms with van der Waals surface area (Å²) in [5.74, 6) is 0.760. The first-order valence-corrected chi connectivity index (χ1v) is 14.0. The van der Waals surface area contributed by atoms with Gasteiger partial charge in [0.2, 0.25) is 11.8 Å². The van der Waals surface area contributed by atoms with E-state index in [0.29, 0.717) is 29.0 Å². The average Bonchev–Trinajstić information content (AvgIpc) is 3.38. The van der Waals surface area contributed by atoms with E-state index in [1.165, 1.54) is 11.3 Å². The highest BCUT2D eigenvalue weighted by atomic mass is 79.9. The molecule has 5 nitrogen and oxygen atoms in total. The van der Waals surface area contributed by atoms with Crippen LogP contribution < -0.4 is 4.90 Å². The molecule has 1 aromatic rings. The van der Waals surface area contributed by atoms with Crippen LogP contribution in [0.4, 0.5) is 5.69 Å². The average molecular weight is 581 g/mol. The molecule has 5 rings (SSSR count). The van der Waals surface area contributed by atoms with E-state index in [-0.39, 0.29) is 57.2 Å². The fraction of sp³-hybridized carbons (Fsp3) is 0.654. The molecule has 0 radical (unpaired) electrons. The molecule has 2 amide bonds. The van der Waals surface area contributed by atoms with Crippen molar-refractivity contribution < 1.29 is 19.1 Å². The van der Waals surface area contributed by atoms with Crippen LogP contribution in [0.5, 0.6) is 0 Å². The molecule has 9 atom stereocenters. The minimum Gasteiger partial charge on any atom is -0.458 e. The van der Waals surface area contributed by atoms with E-state index in [1.807, 2.05) is 0 Å². The van der Waals surface area contributed by atoms with Crippen molar-refractivity contribution in [2.24, 2.45) is 41.4 Å². The lowest BCUT2D eigenvalue weighted by molar-refractivity contribution is -0.123. The molecular weight excluding hydrogens is 550 g/mol. The summed E-state index contributed by atoms with van der Waals surface area (Å²) in [5.41, 5.74) is 0.999. The molecule has 4 aliphatic rings. The molecule has 3 saturated carbocycles. The van der Waals surface area contributed by atoms with Gasteiger partial charge in [0.25, 0.3) is 0 Å². The fourth-order valence-corrected chi connectivity index (χ4v) is 8.68. The number of alkyl halides is 2. The molecule has 1 saturated heterocycles. The zero-order chi connectivity index (χ0) is 23.6. The zero-order valence-corrected chi connectivity index (χ0v) is 22.4. The Balaban J connectivity index is 1.30. The number of amides is 2. The maximum absolute atomic E-state index is 13.2. The lowest BCUT2D eigenvalue weighted by atomic mass is 9.75. The molecule has 7 heteroatoms. The van der Waals surface area contributed by atoms with Gasteiger partial charge < -0.3 is 4.74 Å². The normalized spacial score (nSPS) is 39.9. The number of nitrogens with zero attached hydrogens (tertiary/aromatic N) is 1. The van der Waals surface area contributed by atoms with Crippen LogP contribution in [0.15, 0.2) is 24.3 Å². The zero-order valence-electron chi connectivity index (χ0n) is 19.2. The van der Waals surface area contributed by atoms with Crippen molar-refractivity contribution in [2.45, 2.75) is 62.2 Å². The van der Waals surface area contributed by atoms with Crippen molar-refractivity contribution in [1.82, 2.24) is 0 Å². The Morgan fingerprint density at radius 3 is 2.09 bits per heavy atom. The highest BCUT2D eigenvalue weighted by Crippen LogP contribution is 2.60. The minimum atomic E-state index is -0.329. The van der Waals surface area contributed by atoms with Crippen molar-refractivity contribution in [3.05, 3.63) is 29.8 Å². The topological polar surface area (TPSA) is 63.7 Å². The van der Waals surface area contributed by atoms with Gasteiger partial charge in [-0.15, -0.1) is 0 Å². The molecule has 0 unspecified atom stereocenters. The monoisotopic (exact) mass is 579 g/mol. The van der Waals surface area contributed by atoms with E-state index in [0.717, 1.165) is 19.3 Å². The van der Waals surface area contributed by atoms with Crippen molar-refractivity contribution in [2.75, 3.05) is 4.90 Å². The molecule has 178 valence electrons. The van der Waals surface area contributed by atoms with Crippen LogP contribution >= 0.6 is 31.9 Å². The fourth-order valence-electron chi connectivity index (χ4n) is 6.81. The van der Waals surface area contributed by atoms with Crippen molar-refractivity contribution in [3.8, 4) is 0 Å². The Morgan fingerprint density at radius 1 is 0.970 bits per heavy atom. The second-order valence-electron chi connectivity index (χ2n) is 10.8. The third-order valence-electron chi connectivity index (χ3n) is 8.57. The van der Waals surface area contributed by atoms with Crippen LogP contribution in [0.2, 0.25) is 0 Å². The number of imide groups is 1. The number of hydrogen-bond acceptors (Lipinski definition) is 4. The van der Waals surface area contributed by atoms with Gasteiger partial charge >= 0.3 is 5.97 Å². The smallest absolute Gasteiger partial charge is 0.338 e. The second kappa shape index (κ2) is 8.78. The van der Waals surface area contributed by atoms with Crippen molar-refractivity contribution in [3.63, 3.8) is 0 Å². The summed E-state index contributed by atoms with van der Waals surface area (Å²) >= 11 is 7.45. The van der Waals surface area contributed by atoms with Gasteiger partial charge in [-0.3, -0.25) is 14.5 Å². The predicted octanol–water partition coefficient (Wildman–Crippen LogP) is 5.59. The van der Waals surface area contributed by atoms with Crippen LogP contribution in [0, 0.1) is 41.4 Å².